The zero-order chi connectivity index (χ0) is 15.4. The van der Waals surface area contributed by atoms with Gasteiger partial charge in [0.05, 0.1) is 25.3 Å². The Kier molecular flexibility index (Phi) is 4.39. The standard InChI is InChI=1S/C16H19N3O3/c1-21-15-5-3-2-4-13(15)14-11-17-7-8-19(14)16(20)10-12-6-9-22-18-12/h2-6,9,14,17H,7-8,10-11H2,1H3. The number of nitrogens with zero attached hydrogens (tertiary/aromatic N) is 2. The van der Waals surface area contributed by atoms with Gasteiger partial charge in [0, 0.05) is 31.3 Å². The van der Waals surface area contributed by atoms with Crippen molar-refractivity contribution in [1.29, 1.82) is 0 Å². The van der Waals surface area contributed by atoms with Crippen LogP contribution in [0.2, 0.25) is 0 Å². The highest BCUT2D eigenvalue weighted by atomic mass is 16.5. The van der Waals surface area contributed by atoms with Crippen LogP contribution in [0, 0.1) is 0 Å². The number of carbonyl (C=O) groups is 1. The number of ether oxygens (including phenoxy) is 1. The number of rotatable bonds is 4. The van der Waals surface area contributed by atoms with Gasteiger partial charge in [-0.1, -0.05) is 23.4 Å². The van der Waals surface area contributed by atoms with Crippen molar-refractivity contribution in [3.05, 3.63) is 47.9 Å². The highest BCUT2D eigenvalue weighted by Crippen LogP contribution is 2.30. The lowest BCUT2D eigenvalue weighted by Gasteiger charge is -2.37. The van der Waals surface area contributed by atoms with E-state index < -0.39 is 0 Å². The van der Waals surface area contributed by atoms with Gasteiger partial charge in [0.15, 0.2) is 0 Å². The molecule has 1 aliphatic heterocycles. The minimum Gasteiger partial charge on any atom is -0.496 e. The fourth-order valence-corrected chi connectivity index (χ4v) is 2.81. The fourth-order valence-electron chi connectivity index (χ4n) is 2.81. The molecule has 1 saturated heterocycles. The molecule has 0 radical (unpaired) electrons. The Bertz CT molecular complexity index is 627. The molecule has 1 aromatic heterocycles. The van der Waals surface area contributed by atoms with Crippen LogP contribution >= 0.6 is 0 Å². The highest BCUT2D eigenvalue weighted by Gasteiger charge is 2.29. The van der Waals surface area contributed by atoms with Gasteiger partial charge in [-0.2, -0.15) is 0 Å². The van der Waals surface area contributed by atoms with Crippen LogP contribution in [-0.4, -0.2) is 42.7 Å². The highest BCUT2D eigenvalue weighted by molar-refractivity contribution is 5.79. The Morgan fingerprint density at radius 3 is 3.09 bits per heavy atom. The Morgan fingerprint density at radius 1 is 1.45 bits per heavy atom. The second-order valence-corrected chi connectivity index (χ2v) is 5.22. The lowest BCUT2D eigenvalue weighted by Crippen LogP contribution is -2.49. The van der Waals surface area contributed by atoms with Gasteiger partial charge in [0.25, 0.3) is 0 Å². The van der Waals surface area contributed by atoms with E-state index in [-0.39, 0.29) is 18.4 Å². The SMILES string of the molecule is COc1ccccc1C1CNCCN1C(=O)Cc1ccon1. The number of para-hydroxylation sites is 1. The molecule has 1 N–H and O–H groups in total. The predicted molar refractivity (Wildman–Crippen MR) is 80.5 cm³/mol. The number of aromatic nitrogens is 1. The molecule has 116 valence electrons. The van der Waals surface area contributed by atoms with Crippen LogP contribution in [0.15, 0.2) is 41.1 Å². The van der Waals surface area contributed by atoms with Crippen molar-refractivity contribution in [2.24, 2.45) is 0 Å². The largest absolute Gasteiger partial charge is 0.496 e. The molecule has 0 saturated carbocycles. The molecule has 1 amide bonds. The van der Waals surface area contributed by atoms with Crippen LogP contribution in [0.5, 0.6) is 5.75 Å². The average Bonchev–Trinajstić information content (AvgIpc) is 3.07. The summed E-state index contributed by atoms with van der Waals surface area (Å²) in [6.07, 6.45) is 1.74. The van der Waals surface area contributed by atoms with Gasteiger partial charge in [0.2, 0.25) is 5.91 Å². The lowest BCUT2D eigenvalue weighted by atomic mass is 10.0. The lowest BCUT2D eigenvalue weighted by molar-refractivity contribution is -0.133. The van der Waals surface area contributed by atoms with E-state index >= 15 is 0 Å². The Labute approximate surface area is 129 Å². The zero-order valence-corrected chi connectivity index (χ0v) is 12.5. The quantitative estimate of drug-likeness (QED) is 0.924. The molecule has 3 rings (SSSR count). The van der Waals surface area contributed by atoms with E-state index in [1.807, 2.05) is 29.2 Å². The van der Waals surface area contributed by atoms with E-state index in [9.17, 15) is 4.79 Å². The molecule has 1 atom stereocenters. The first-order chi connectivity index (χ1) is 10.8. The molecule has 0 bridgehead atoms. The van der Waals surface area contributed by atoms with E-state index in [0.29, 0.717) is 18.8 Å². The van der Waals surface area contributed by atoms with Crippen molar-refractivity contribution in [3.63, 3.8) is 0 Å². The van der Waals surface area contributed by atoms with Gasteiger partial charge in [-0.05, 0) is 6.07 Å². The van der Waals surface area contributed by atoms with E-state index in [1.54, 1.807) is 13.2 Å². The van der Waals surface area contributed by atoms with Crippen LogP contribution in [-0.2, 0) is 11.2 Å². The van der Waals surface area contributed by atoms with Crippen molar-refractivity contribution in [2.45, 2.75) is 12.5 Å². The number of nitrogens with one attached hydrogen (secondary N) is 1. The summed E-state index contributed by atoms with van der Waals surface area (Å²) < 4.78 is 10.2. The van der Waals surface area contributed by atoms with Crippen LogP contribution < -0.4 is 10.1 Å². The molecule has 0 spiro atoms. The summed E-state index contributed by atoms with van der Waals surface area (Å²) in [5, 5.41) is 7.16. The number of benzene rings is 1. The number of amides is 1. The first-order valence-corrected chi connectivity index (χ1v) is 7.32. The minimum absolute atomic E-state index is 0.0377. The fraction of sp³-hybridized carbons (Fsp3) is 0.375. The van der Waals surface area contributed by atoms with Gasteiger partial charge in [-0.3, -0.25) is 4.79 Å². The van der Waals surface area contributed by atoms with Crippen molar-refractivity contribution < 1.29 is 14.1 Å². The molecule has 2 heterocycles. The van der Waals surface area contributed by atoms with Gasteiger partial charge in [-0.15, -0.1) is 0 Å². The molecular formula is C16H19N3O3. The van der Waals surface area contributed by atoms with Crippen molar-refractivity contribution in [1.82, 2.24) is 15.4 Å². The third kappa shape index (κ3) is 2.96. The van der Waals surface area contributed by atoms with Crippen LogP contribution in [0.1, 0.15) is 17.3 Å². The summed E-state index contributed by atoms with van der Waals surface area (Å²) in [6.45, 7) is 2.17. The van der Waals surface area contributed by atoms with Crippen molar-refractivity contribution in [3.8, 4) is 5.75 Å². The maximum absolute atomic E-state index is 12.6. The topological polar surface area (TPSA) is 67.6 Å². The maximum atomic E-state index is 12.6. The number of hydrogen-bond donors (Lipinski definition) is 1. The zero-order valence-electron chi connectivity index (χ0n) is 12.5. The number of piperazine rings is 1. The van der Waals surface area contributed by atoms with E-state index in [4.69, 9.17) is 9.26 Å². The molecular weight excluding hydrogens is 282 g/mol. The van der Waals surface area contributed by atoms with Crippen molar-refractivity contribution in [2.75, 3.05) is 26.7 Å². The summed E-state index contributed by atoms with van der Waals surface area (Å²) in [4.78, 5) is 14.5. The Hall–Kier alpha value is -2.34. The predicted octanol–water partition coefficient (Wildman–Crippen LogP) is 1.40. The second-order valence-electron chi connectivity index (χ2n) is 5.22. The molecule has 0 aliphatic carbocycles. The van der Waals surface area contributed by atoms with Gasteiger partial charge >= 0.3 is 0 Å². The van der Waals surface area contributed by atoms with Crippen molar-refractivity contribution >= 4 is 5.91 Å². The van der Waals surface area contributed by atoms with Gasteiger partial charge in [-0.25, -0.2) is 0 Å². The second kappa shape index (κ2) is 6.62. The average molecular weight is 301 g/mol. The maximum Gasteiger partial charge on any atom is 0.229 e. The summed E-state index contributed by atoms with van der Waals surface area (Å²) in [7, 11) is 1.65. The molecule has 6 heteroatoms. The molecule has 1 unspecified atom stereocenters. The summed E-state index contributed by atoms with van der Waals surface area (Å²) >= 11 is 0. The first-order valence-electron chi connectivity index (χ1n) is 7.32. The van der Waals surface area contributed by atoms with Gasteiger partial charge in [0.1, 0.15) is 12.0 Å². The normalized spacial score (nSPS) is 18.2. The minimum atomic E-state index is -0.0377. The summed E-state index contributed by atoms with van der Waals surface area (Å²) in [5.41, 5.74) is 1.67. The molecule has 22 heavy (non-hydrogen) atoms. The van der Waals surface area contributed by atoms with Crippen LogP contribution in [0.4, 0.5) is 0 Å². The molecule has 1 fully saturated rings. The third-order valence-electron chi connectivity index (χ3n) is 3.89. The van der Waals surface area contributed by atoms with Gasteiger partial charge < -0.3 is 19.5 Å². The number of carbonyl (C=O) groups excluding carboxylic acids is 1. The smallest absolute Gasteiger partial charge is 0.229 e. The molecule has 1 aromatic carbocycles. The Balaban J connectivity index is 1.83. The van der Waals surface area contributed by atoms with Crippen LogP contribution in [0.3, 0.4) is 0 Å². The number of methoxy groups -OCH3 is 1. The Morgan fingerprint density at radius 2 is 2.32 bits per heavy atom. The van der Waals surface area contributed by atoms with E-state index in [2.05, 4.69) is 10.5 Å². The molecule has 2 aromatic rings. The molecule has 6 nitrogen and oxygen atoms in total. The summed E-state index contributed by atoms with van der Waals surface area (Å²) in [6, 6.07) is 9.51. The number of hydrogen-bond acceptors (Lipinski definition) is 5. The first kappa shape index (κ1) is 14.6. The summed E-state index contributed by atoms with van der Waals surface area (Å²) in [5.74, 6) is 0.849. The monoisotopic (exact) mass is 301 g/mol. The van der Waals surface area contributed by atoms with E-state index in [0.717, 1.165) is 17.9 Å². The van der Waals surface area contributed by atoms with Crippen LogP contribution in [0.25, 0.3) is 0 Å². The third-order valence-corrected chi connectivity index (χ3v) is 3.89. The molecule has 1 aliphatic rings. The van der Waals surface area contributed by atoms with E-state index in [1.165, 1.54) is 6.26 Å².